The molecule has 1 heterocycles. The molecule has 1 fully saturated rings. The summed E-state index contributed by atoms with van der Waals surface area (Å²) in [4.78, 5) is 26.2. The maximum Gasteiger partial charge on any atom is 0.501 e. The van der Waals surface area contributed by atoms with E-state index in [1.807, 2.05) is 19.9 Å². The van der Waals surface area contributed by atoms with E-state index in [0.717, 1.165) is 41.8 Å². The van der Waals surface area contributed by atoms with Crippen molar-refractivity contribution in [3.05, 3.63) is 59.2 Å². The molecule has 2 aromatic carbocycles. The number of aryl methyl sites for hydroxylation is 1. The first kappa shape index (κ1) is 25.7. The first-order valence-corrected chi connectivity index (χ1v) is 12.1. The van der Waals surface area contributed by atoms with Crippen LogP contribution in [0.5, 0.6) is 0 Å². The van der Waals surface area contributed by atoms with Crippen LogP contribution in [0.2, 0.25) is 0 Å². The molecule has 0 radical (unpaired) electrons. The Morgan fingerprint density at radius 3 is 2.38 bits per heavy atom. The summed E-state index contributed by atoms with van der Waals surface area (Å²) in [6.45, 7) is 4.10. The van der Waals surface area contributed by atoms with E-state index in [0.29, 0.717) is 18.7 Å². The van der Waals surface area contributed by atoms with Crippen LogP contribution in [-0.4, -0.2) is 56.4 Å². The average molecular weight is 499 g/mol. The van der Waals surface area contributed by atoms with Gasteiger partial charge in [-0.05, 0) is 68.1 Å². The van der Waals surface area contributed by atoms with E-state index in [2.05, 4.69) is 5.32 Å². The fourth-order valence-electron chi connectivity index (χ4n) is 3.60. The molecule has 7 nitrogen and oxygen atoms in total. The number of anilines is 1. The number of rotatable bonds is 7. The molecule has 1 aliphatic rings. The van der Waals surface area contributed by atoms with Gasteiger partial charge in [-0.25, -0.2) is 8.42 Å². The standard InChI is InChI=1S/C23H25F3N2O5S/c1-15-5-3-7-20(16(15)2)27-21(29)14-28(13-18-6-4-12-33-18)22(30)17-8-10-19(11-9-17)34(31,32)23(24,25)26/h3,5,7-11,18H,4,6,12-14H2,1-2H3,(H,27,29). The predicted octanol–water partition coefficient (Wildman–Crippen LogP) is 3.86. The largest absolute Gasteiger partial charge is 0.501 e. The van der Waals surface area contributed by atoms with Crippen molar-refractivity contribution in [1.82, 2.24) is 4.90 Å². The molecule has 0 bridgehead atoms. The van der Waals surface area contributed by atoms with Gasteiger partial charge in [0.25, 0.3) is 15.7 Å². The van der Waals surface area contributed by atoms with E-state index in [1.54, 1.807) is 12.1 Å². The molecule has 0 saturated carbocycles. The maximum atomic E-state index is 13.1. The van der Waals surface area contributed by atoms with Crippen molar-refractivity contribution in [1.29, 1.82) is 0 Å². The number of carbonyl (C=O) groups excluding carboxylic acids is 2. The highest BCUT2D eigenvalue weighted by atomic mass is 32.2. The molecule has 11 heteroatoms. The summed E-state index contributed by atoms with van der Waals surface area (Å²) in [5, 5.41) is 2.78. The van der Waals surface area contributed by atoms with Crippen LogP contribution in [0, 0.1) is 13.8 Å². The lowest BCUT2D eigenvalue weighted by Crippen LogP contribution is -2.42. The number of ether oxygens (including phenoxy) is 1. The van der Waals surface area contributed by atoms with Crippen LogP contribution >= 0.6 is 0 Å². The summed E-state index contributed by atoms with van der Waals surface area (Å²) < 4.78 is 67.1. The number of halogens is 3. The first-order chi connectivity index (χ1) is 15.9. The fraction of sp³-hybridized carbons (Fsp3) is 0.391. The predicted molar refractivity (Wildman–Crippen MR) is 119 cm³/mol. The van der Waals surface area contributed by atoms with Crippen LogP contribution in [0.25, 0.3) is 0 Å². The van der Waals surface area contributed by atoms with Crippen molar-refractivity contribution in [2.24, 2.45) is 0 Å². The highest BCUT2D eigenvalue weighted by Gasteiger charge is 2.46. The number of nitrogens with zero attached hydrogens (tertiary/aromatic N) is 1. The third-order valence-electron chi connectivity index (χ3n) is 5.66. The molecule has 0 aliphatic carbocycles. The average Bonchev–Trinajstić information content (AvgIpc) is 3.28. The second-order valence-electron chi connectivity index (χ2n) is 8.09. The Morgan fingerprint density at radius 2 is 1.79 bits per heavy atom. The molecule has 34 heavy (non-hydrogen) atoms. The zero-order valence-corrected chi connectivity index (χ0v) is 19.5. The van der Waals surface area contributed by atoms with Crippen molar-refractivity contribution in [2.75, 3.05) is 25.0 Å². The van der Waals surface area contributed by atoms with Crippen LogP contribution in [0.3, 0.4) is 0 Å². The number of sulfone groups is 1. The number of hydrogen-bond acceptors (Lipinski definition) is 5. The monoisotopic (exact) mass is 498 g/mol. The van der Waals surface area contributed by atoms with Crippen molar-refractivity contribution >= 4 is 27.3 Å². The molecule has 2 aromatic rings. The molecular weight excluding hydrogens is 473 g/mol. The number of alkyl halides is 3. The van der Waals surface area contributed by atoms with Gasteiger partial charge in [-0.1, -0.05) is 12.1 Å². The Morgan fingerprint density at radius 1 is 1.12 bits per heavy atom. The second kappa shape index (κ2) is 10.1. The zero-order chi connectivity index (χ0) is 25.1. The molecule has 2 amide bonds. The lowest BCUT2D eigenvalue weighted by molar-refractivity contribution is -0.117. The number of hydrogen-bond donors (Lipinski definition) is 1. The van der Waals surface area contributed by atoms with Gasteiger partial charge in [-0.2, -0.15) is 13.2 Å². The van der Waals surface area contributed by atoms with Gasteiger partial charge in [0.1, 0.15) is 6.54 Å². The van der Waals surface area contributed by atoms with E-state index in [1.165, 1.54) is 4.90 Å². The van der Waals surface area contributed by atoms with Gasteiger partial charge < -0.3 is 15.0 Å². The summed E-state index contributed by atoms with van der Waals surface area (Å²) in [6.07, 6.45) is 1.23. The van der Waals surface area contributed by atoms with Crippen molar-refractivity contribution in [3.8, 4) is 0 Å². The molecule has 3 rings (SSSR count). The zero-order valence-electron chi connectivity index (χ0n) is 18.7. The highest BCUT2D eigenvalue weighted by molar-refractivity contribution is 7.92. The van der Waals surface area contributed by atoms with Crippen LogP contribution in [0.4, 0.5) is 18.9 Å². The van der Waals surface area contributed by atoms with Crippen molar-refractivity contribution < 1.29 is 35.9 Å². The minimum atomic E-state index is -5.53. The lowest BCUT2D eigenvalue weighted by atomic mass is 10.1. The van der Waals surface area contributed by atoms with Gasteiger partial charge in [-0.15, -0.1) is 0 Å². The summed E-state index contributed by atoms with van der Waals surface area (Å²) >= 11 is 0. The Hall–Kier alpha value is -2.92. The van der Waals surface area contributed by atoms with E-state index < -0.39 is 32.1 Å². The normalized spacial score (nSPS) is 16.3. The molecule has 1 atom stereocenters. The minimum absolute atomic E-state index is 0.0429. The van der Waals surface area contributed by atoms with Gasteiger partial charge in [0.2, 0.25) is 5.91 Å². The summed E-state index contributed by atoms with van der Waals surface area (Å²) in [5.74, 6) is -1.07. The molecule has 1 N–H and O–H groups in total. The van der Waals surface area contributed by atoms with Gasteiger partial charge in [-0.3, -0.25) is 9.59 Å². The number of benzene rings is 2. The quantitative estimate of drug-likeness (QED) is 0.626. The van der Waals surface area contributed by atoms with E-state index in [-0.39, 0.29) is 24.8 Å². The molecule has 1 aliphatic heterocycles. The smallest absolute Gasteiger partial charge is 0.376 e. The van der Waals surface area contributed by atoms with Crippen LogP contribution in [-0.2, 0) is 19.4 Å². The lowest BCUT2D eigenvalue weighted by Gasteiger charge is -2.25. The van der Waals surface area contributed by atoms with Crippen LogP contribution in [0.1, 0.15) is 34.3 Å². The third kappa shape index (κ3) is 5.76. The summed E-state index contributed by atoms with van der Waals surface area (Å²) in [7, 11) is -5.53. The van der Waals surface area contributed by atoms with E-state index >= 15 is 0 Å². The summed E-state index contributed by atoms with van der Waals surface area (Å²) in [5.41, 5.74) is -3.01. The van der Waals surface area contributed by atoms with Crippen molar-refractivity contribution in [3.63, 3.8) is 0 Å². The molecule has 0 spiro atoms. The maximum absolute atomic E-state index is 13.1. The third-order valence-corrected chi connectivity index (χ3v) is 7.17. The van der Waals surface area contributed by atoms with E-state index in [4.69, 9.17) is 4.74 Å². The Bertz CT molecular complexity index is 1160. The van der Waals surface area contributed by atoms with Gasteiger partial charge in [0.05, 0.1) is 11.0 Å². The molecule has 1 unspecified atom stereocenters. The number of carbonyl (C=O) groups is 2. The molecule has 0 aromatic heterocycles. The molecular formula is C23H25F3N2O5S. The number of nitrogens with one attached hydrogen (secondary N) is 1. The van der Waals surface area contributed by atoms with Crippen LogP contribution < -0.4 is 5.32 Å². The minimum Gasteiger partial charge on any atom is -0.376 e. The molecule has 1 saturated heterocycles. The first-order valence-electron chi connectivity index (χ1n) is 10.6. The topological polar surface area (TPSA) is 92.8 Å². The Kier molecular flexibility index (Phi) is 7.67. The van der Waals surface area contributed by atoms with Gasteiger partial charge in [0, 0.05) is 24.4 Å². The summed E-state index contributed by atoms with van der Waals surface area (Å²) in [6, 6.07) is 8.92. The second-order valence-corrected chi connectivity index (χ2v) is 10.0. The highest BCUT2D eigenvalue weighted by Crippen LogP contribution is 2.30. The Balaban J connectivity index is 1.80. The number of amides is 2. The SMILES string of the molecule is Cc1cccc(NC(=O)CN(CC2CCCO2)C(=O)c2ccc(S(=O)(=O)C(F)(F)F)cc2)c1C. The van der Waals surface area contributed by atoms with Gasteiger partial charge >= 0.3 is 5.51 Å². The van der Waals surface area contributed by atoms with Crippen LogP contribution in [0.15, 0.2) is 47.4 Å². The Labute approximate surface area is 195 Å². The van der Waals surface area contributed by atoms with Gasteiger partial charge in [0.15, 0.2) is 0 Å². The fourth-order valence-corrected chi connectivity index (χ4v) is 4.36. The van der Waals surface area contributed by atoms with E-state index in [9.17, 15) is 31.2 Å². The molecule has 184 valence electrons. The van der Waals surface area contributed by atoms with Crippen molar-refractivity contribution in [2.45, 2.75) is 43.2 Å².